The van der Waals surface area contributed by atoms with E-state index in [0.29, 0.717) is 12.3 Å². The van der Waals surface area contributed by atoms with Gasteiger partial charge < -0.3 is 16.3 Å². The molecule has 0 aliphatic heterocycles. The molecule has 4 nitrogen and oxygen atoms in total. The van der Waals surface area contributed by atoms with Crippen molar-refractivity contribution in [1.82, 2.24) is 0 Å². The Bertz CT molecular complexity index is 284. The molecule has 2 atom stereocenters. The normalized spacial score (nSPS) is 22.1. The summed E-state index contributed by atoms with van der Waals surface area (Å²) in [6.07, 6.45) is 9.37. The van der Waals surface area contributed by atoms with Gasteiger partial charge in [0, 0.05) is 5.92 Å². The Labute approximate surface area is 109 Å². The van der Waals surface area contributed by atoms with Crippen molar-refractivity contribution in [3.05, 3.63) is 0 Å². The Morgan fingerprint density at radius 2 is 2.00 bits per heavy atom. The lowest BCUT2D eigenvalue weighted by Gasteiger charge is -2.27. The highest BCUT2D eigenvalue weighted by atomic mass is 16.1. The van der Waals surface area contributed by atoms with Crippen LogP contribution in [-0.4, -0.2) is 17.7 Å². The molecule has 18 heavy (non-hydrogen) atoms. The first-order valence-electron chi connectivity index (χ1n) is 7.01. The first kappa shape index (κ1) is 15.2. The molecule has 0 spiro atoms. The second-order valence-electron chi connectivity index (χ2n) is 5.87. The van der Waals surface area contributed by atoms with Crippen molar-refractivity contribution in [3.8, 4) is 0 Å². The minimum atomic E-state index is -0.944. The van der Waals surface area contributed by atoms with E-state index in [1.54, 1.807) is 6.92 Å². The Balaban J connectivity index is 2.35. The van der Waals surface area contributed by atoms with Crippen LogP contribution in [0.15, 0.2) is 0 Å². The zero-order chi connectivity index (χ0) is 13.6. The molecule has 0 radical (unpaired) electrons. The third-order valence-electron chi connectivity index (χ3n) is 4.23. The second kappa shape index (κ2) is 6.88. The molecule has 0 aromatic heterocycles. The molecule has 0 saturated heterocycles. The van der Waals surface area contributed by atoms with E-state index in [2.05, 4.69) is 0 Å². The molecule has 1 amide bonds. The van der Waals surface area contributed by atoms with E-state index in [9.17, 15) is 9.59 Å². The molecule has 104 valence electrons. The number of rotatable bonds is 7. The highest BCUT2D eigenvalue weighted by molar-refractivity contribution is 5.83. The van der Waals surface area contributed by atoms with E-state index in [1.807, 2.05) is 0 Å². The average molecular weight is 254 g/mol. The smallest absolute Gasteiger partial charge is 0.237 e. The molecular weight excluding hydrogens is 228 g/mol. The van der Waals surface area contributed by atoms with Crippen molar-refractivity contribution in [2.24, 2.45) is 23.3 Å². The quantitative estimate of drug-likeness (QED) is 0.679. The van der Waals surface area contributed by atoms with Crippen molar-refractivity contribution in [3.63, 3.8) is 0 Å². The van der Waals surface area contributed by atoms with Gasteiger partial charge in [0.2, 0.25) is 5.91 Å². The fourth-order valence-electron chi connectivity index (χ4n) is 2.81. The van der Waals surface area contributed by atoms with Gasteiger partial charge in [-0.05, 0) is 38.5 Å². The Morgan fingerprint density at radius 1 is 1.39 bits per heavy atom. The highest BCUT2D eigenvalue weighted by Gasteiger charge is 2.27. The zero-order valence-corrected chi connectivity index (χ0v) is 11.4. The van der Waals surface area contributed by atoms with E-state index in [0.717, 1.165) is 19.1 Å². The van der Waals surface area contributed by atoms with Crippen LogP contribution in [0.5, 0.6) is 0 Å². The lowest BCUT2D eigenvalue weighted by atomic mass is 9.78. The molecule has 1 aliphatic rings. The predicted molar refractivity (Wildman–Crippen MR) is 71.8 cm³/mol. The highest BCUT2D eigenvalue weighted by Crippen LogP contribution is 2.32. The van der Waals surface area contributed by atoms with Gasteiger partial charge in [-0.25, -0.2) is 0 Å². The van der Waals surface area contributed by atoms with Crippen molar-refractivity contribution in [1.29, 1.82) is 0 Å². The standard InChI is InChI=1S/C14H26N2O2/c1-14(16,13(15)18)9-5-8-12(10-17)11-6-3-2-4-7-11/h10-12H,2-9,16H2,1H3,(H2,15,18). The maximum absolute atomic E-state index is 11.2. The van der Waals surface area contributed by atoms with Crippen molar-refractivity contribution in [2.45, 2.75) is 63.8 Å². The third kappa shape index (κ3) is 4.41. The Hall–Kier alpha value is -0.900. The van der Waals surface area contributed by atoms with Crippen LogP contribution in [0.2, 0.25) is 0 Å². The summed E-state index contributed by atoms with van der Waals surface area (Å²) in [6, 6.07) is 0. The molecule has 1 saturated carbocycles. The summed E-state index contributed by atoms with van der Waals surface area (Å²) in [5.74, 6) is 0.200. The number of carbonyl (C=O) groups is 2. The second-order valence-corrected chi connectivity index (χ2v) is 5.87. The average Bonchev–Trinajstić information content (AvgIpc) is 2.35. The zero-order valence-electron chi connectivity index (χ0n) is 11.4. The molecule has 1 aliphatic carbocycles. The molecule has 1 rings (SSSR count). The Kier molecular flexibility index (Phi) is 5.79. The van der Waals surface area contributed by atoms with Crippen LogP contribution in [0.25, 0.3) is 0 Å². The number of amides is 1. The predicted octanol–water partition coefficient (Wildman–Crippen LogP) is 1.75. The van der Waals surface area contributed by atoms with Crippen molar-refractivity contribution >= 4 is 12.2 Å². The third-order valence-corrected chi connectivity index (χ3v) is 4.23. The van der Waals surface area contributed by atoms with Gasteiger partial charge in [-0.15, -0.1) is 0 Å². The number of nitrogens with two attached hydrogens (primary N) is 2. The molecule has 0 heterocycles. The maximum Gasteiger partial charge on any atom is 0.237 e. The topological polar surface area (TPSA) is 86.2 Å². The monoisotopic (exact) mass is 254 g/mol. The van der Waals surface area contributed by atoms with Crippen LogP contribution in [0.3, 0.4) is 0 Å². The maximum atomic E-state index is 11.2. The SMILES string of the molecule is CC(N)(CCCC(C=O)C1CCCCC1)C(N)=O. The molecule has 0 bridgehead atoms. The summed E-state index contributed by atoms with van der Waals surface area (Å²) in [7, 11) is 0. The van der Waals surface area contributed by atoms with E-state index in [-0.39, 0.29) is 5.92 Å². The molecule has 4 N–H and O–H groups in total. The van der Waals surface area contributed by atoms with Crippen LogP contribution in [0.1, 0.15) is 58.3 Å². The largest absolute Gasteiger partial charge is 0.368 e. The van der Waals surface area contributed by atoms with Gasteiger partial charge in [-0.3, -0.25) is 4.79 Å². The van der Waals surface area contributed by atoms with Gasteiger partial charge in [0.25, 0.3) is 0 Å². The number of primary amides is 1. The summed E-state index contributed by atoms with van der Waals surface area (Å²) < 4.78 is 0. The van der Waals surface area contributed by atoms with E-state index in [1.165, 1.54) is 32.1 Å². The summed E-state index contributed by atoms with van der Waals surface area (Å²) in [5.41, 5.74) is 10.1. The lowest BCUT2D eigenvalue weighted by Crippen LogP contribution is -2.49. The molecule has 0 aromatic carbocycles. The first-order chi connectivity index (χ1) is 8.47. The van der Waals surface area contributed by atoms with Crippen LogP contribution < -0.4 is 11.5 Å². The van der Waals surface area contributed by atoms with Crippen molar-refractivity contribution in [2.75, 3.05) is 0 Å². The van der Waals surface area contributed by atoms with E-state index < -0.39 is 11.4 Å². The molecule has 1 fully saturated rings. The minimum absolute atomic E-state index is 0.133. The first-order valence-corrected chi connectivity index (χ1v) is 7.01. The molecular formula is C14H26N2O2. The Morgan fingerprint density at radius 3 is 2.50 bits per heavy atom. The van der Waals surface area contributed by atoms with E-state index in [4.69, 9.17) is 11.5 Å². The summed E-state index contributed by atoms with van der Waals surface area (Å²) in [4.78, 5) is 22.3. The summed E-state index contributed by atoms with van der Waals surface area (Å²) >= 11 is 0. The van der Waals surface area contributed by atoms with Gasteiger partial charge >= 0.3 is 0 Å². The number of aldehydes is 1. The lowest BCUT2D eigenvalue weighted by molar-refractivity contribution is -0.122. The van der Waals surface area contributed by atoms with Gasteiger partial charge in [0.1, 0.15) is 6.29 Å². The van der Waals surface area contributed by atoms with Crippen LogP contribution >= 0.6 is 0 Å². The molecule has 2 unspecified atom stereocenters. The summed E-state index contributed by atoms with van der Waals surface area (Å²) in [6.45, 7) is 1.66. The van der Waals surface area contributed by atoms with Crippen LogP contribution in [-0.2, 0) is 9.59 Å². The fourth-order valence-corrected chi connectivity index (χ4v) is 2.81. The number of hydrogen-bond acceptors (Lipinski definition) is 3. The number of carbonyl (C=O) groups excluding carboxylic acids is 2. The van der Waals surface area contributed by atoms with E-state index >= 15 is 0 Å². The van der Waals surface area contributed by atoms with Gasteiger partial charge in [0.15, 0.2) is 0 Å². The summed E-state index contributed by atoms with van der Waals surface area (Å²) in [5, 5.41) is 0. The fraction of sp³-hybridized carbons (Fsp3) is 0.857. The van der Waals surface area contributed by atoms with Gasteiger partial charge in [-0.1, -0.05) is 25.7 Å². The van der Waals surface area contributed by atoms with Crippen molar-refractivity contribution < 1.29 is 9.59 Å². The van der Waals surface area contributed by atoms with Crippen LogP contribution in [0.4, 0.5) is 0 Å². The van der Waals surface area contributed by atoms with Gasteiger partial charge in [0.05, 0.1) is 5.54 Å². The molecule has 4 heteroatoms. The van der Waals surface area contributed by atoms with Gasteiger partial charge in [-0.2, -0.15) is 0 Å². The van der Waals surface area contributed by atoms with Crippen LogP contribution in [0, 0.1) is 11.8 Å². The number of hydrogen-bond donors (Lipinski definition) is 2. The molecule has 0 aromatic rings. The minimum Gasteiger partial charge on any atom is -0.368 e.